The number of nitrogens with one attached hydrogen (secondary N) is 2. The Hall–Kier alpha value is -3.61. The van der Waals surface area contributed by atoms with Crippen LogP contribution in [0.4, 0.5) is 13.6 Å². The number of ether oxygens (including phenoxy) is 1. The van der Waals surface area contributed by atoms with Gasteiger partial charge in [-0.15, -0.1) is 0 Å². The molecule has 2 atom stereocenters. The Balaban J connectivity index is 1.46. The summed E-state index contributed by atoms with van der Waals surface area (Å²) >= 11 is 0. The van der Waals surface area contributed by atoms with E-state index in [2.05, 4.69) is 30.6 Å². The number of hydrogen-bond acceptors (Lipinski definition) is 8. The largest absolute Gasteiger partial charge is 0.438 e. The van der Waals surface area contributed by atoms with Crippen molar-refractivity contribution >= 4 is 23.0 Å². The maximum atomic E-state index is 13.9. The van der Waals surface area contributed by atoms with Crippen molar-refractivity contribution in [3.63, 3.8) is 0 Å². The summed E-state index contributed by atoms with van der Waals surface area (Å²) in [6.07, 6.45) is -0.195. The smallest absolute Gasteiger partial charge is 0.318 e. The Morgan fingerprint density at radius 3 is 2.64 bits per heavy atom. The SMILES string of the molecule is COC[C@H](c1ccc2oc([C@@H](NC(=O)c3nonc3C)C3CCC(F)(F)CC3)nc2c1)N1CC(C)(C)NC1=O. The highest BCUT2D eigenvalue weighted by Gasteiger charge is 2.41. The molecule has 1 aliphatic heterocycles. The first-order valence-corrected chi connectivity index (χ1v) is 12.9. The molecule has 3 heterocycles. The summed E-state index contributed by atoms with van der Waals surface area (Å²) in [7, 11) is 1.58. The lowest BCUT2D eigenvalue weighted by Crippen LogP contribution is -2.37. The predicted molar refractivity (Wildman–Crippen MR) is 134 cm³/mol. The molecule has 1 saturated heterocycles. The minimum absolute atomic E-state index is 0.00811. The minimum Gasteiger partial charge on any atom is -0.438 e. The Labute approximate surface area is 223 Å². The number of oxazole rings is 1. The lowest BCUT2D eigenvalue weighted by molar-refractivity contribution is -0.0503. The summed E-state index contributed by atoms with van der Waals surface area (Å²) in [5.74, 6) is -3.40. The maximum Gasteiger partial charge on any atom is 0.318 e. The molecular weight excluding hydrogens is 514 g/mol. The third-order valence-corrected chi connectivity index (χ3v) is 7.44. The second-order valence-electron chi connectivity index (χ2n) is 11.0. The third kappa shape index (κ3) is 5.58. The molecule has 0 bridgehead atoms. The van der Waals surface area contributed by atoms with E-state index in [-0.39, 0.29) is 67.4 Å². The molecule has 1 aromatic carbocycles. The quantitative estimate of drug-likeness (QED) is 0.427. The van der Waals surface area contributed by atoms with Crippen LogP contribution in [-0.4, -0.2) is 63.9 Å². The molecule has 2 fully saturated rings. The first-order valence-electron chi connectivity index (χ1n) is 12.9. The van der Waals surface area contributed by atoms with Gasteiger partial charge in [-0.1, -0.05) is 11.2 Å². The molecule has 0 radical (unpaired) electrons. The molecule has 0 unspecified atom stereocenters. The fourth-order valence-corrected chi connectivity index (χ4v) is 5.40. The molecule has 1 saturated carbocycles. The lowest BCUT2D eigenvalue weighted by Gasteiger charge is -2.32. The molecule has 3 aromatic rings. The Morgan fingerprint density at radius 1 is 1.28 bits per heavy atom. The van der Waals surface area contributed by atoms with Gasteiger partial charge < -0.3 is 24.7 Å². The number of rotatable bonds is 8. The van der Waals surface area contributed by atoms with E-state index in [1.807, 2.05) is 26.0 Å². The summed E-state index contributed by atoms with van der Waals surface area (Å²) in [5, 5.41) is 13.1. The average Bonchev–Trinajstić information content (AvgIpc) is 3.56. The molecule has 210 valence electrons. The number of alkyl halides is 2. The van der Waals surface area contributed by atoms with Gasteiger partial charge in [0.2, 0.25) is 11.8 Å². The zero-order valence-corrected chi connectivity index (χ0v) is 22.3. The normalized spacial score (nSPS) is 20.7. The van der Waals surface area contributed by atoms with Gasteiger partial charge in [0.25, 0.3) is 5.91 Å². The maximum absolute atomic E-state index is 13.9. The standard InChI is InChI=1S/C26H32F2N6O5/c1-14-20(33-39-32-14)22(35)30-21(15-7-9-26(27,28)10-8-15)23-29-17-11-16(5-6-19(17)38-23)18(12-37-4)34-13-25(2,3)31-24(34)36/h5-6,11,15,18,21H,7-10,12-13H2,1-4H3,(H,30,35)(H,31,36)/t18-,21+/m1/s1. The molecule has 39 heavy (non-hydrogen) atoms. The van der Waals surface area contributed by atoms with E-state index < -0.39 is 17.9 Å². The van der Waals surface area contributed by atoms with E-state index in [9.17, 15) is 18.4 Å². The van der Waals surface area contributed by atoms with Crippen molar-refractivity contribution in [3.05, 3.63) is 41.0 Å². The Morgan fingerprint density at radius 2 is 2.03 bits per heavy atom. The van der Waals surface area contributed by atoms with Crippen molar-refractivity contribution in [2.45, 2.75) is 70.0 Å². The summed E-state index contributed by atoms with van der Waals surface area (Å²) in [4.78, 5) is 32.1. The Bertz CT molecular complexity index is 1360. The van der Waals surface area contributed by atoms with Crippen molar-refractivity contribution in [1.82, 2.24) is 30.8 Å². The molecule has 2 N–H and O–H groups in total. The van der Waals surface area contributed by atoms with E-state index in [4.69, 9.17) is 9.15 Å². The monoisotopic (exact) mass is 546 g/mol. The van der Waals surface area contributed by atoms with E-state index in [1.54, 1.807) is 25.0 Å². The fraction of sp³-hybridized carbons (Fsp3) is 0.577. The van der Waals surface area contributed by atoms with Gasteiger partial charge in [-0.2, -0.15) is 0 Å². The number of amides is 3. The highest BCUT2D eigenvalue weighted by molar-refractivity contribution is 5.93. The number of carbonyl (C=O) groups is 2. The van der Waals surface area contributed by atoms with Crippen LogP contribution in [0, 0.1) is 12.8 Å². The molecular formula is C26H32F2N6O5. The van der Waals surface area contributed by atoms with Crippen LogP contribution < -0.4 is 10.6 Å². The van der Waals surface area contributed by atoms with Gasteiger partial charge in [0.05, 0.1) is 18.2 Å². The number of methoxy groups -OCH3 is 1. The molecule has 3 amide bonds. The fourth-order valence-electron chi connectivity index (χ4n) is 5.40. The van der Waals surface area contributed by atoms with E-state index in [0.717, 1.165) is 5.56 Å². The van der Waals surface area contributed by atoms with Crippen molar-refractivity contribution in [1.29, 1.82) is 0 Å². The Kier molecular flexibility index (Phi) is 7.04. The highest BCUT2D eigenvalue weighted by atomic mass is 19.3. The van der Waals surface area contributed by atoms with E-state index in [1.165, 1.54) is 0 Å². The molecule has 2 aliphatic rings. The number of benzene rings is 1. The van der Waals surface area contributed by atoms with Crippen LogP contribution in [0.25, 0.3) is 11.1 Å². The second kappa shape index (κ2) is 10.2. The van der Waals surface area contributed by atoms with Gasteiger partial charge in [0, 0.05) is 26.5 Å². The summed E-state index contributed by atoms with van der Waals surface area (Å²) < 4.78 is 44.0. The lowest BCUT2D eigenvalue weighted by atomic mass is 9.82. The first-order chi connectivity index (χ1) is 18.5. The van der Waals surface area contributed by atoms with Crippen molar-refractivity contribution in [2.24, 2.45) is 5.92 Å². The van der Waals surface area contributed by atoms with Gasteiger partial charge in [-0.05, 0) is 62.4 Å². The van der Waals surface area contributed by atoms with Crippen LogP contribution in [0.15, 0.2) is 27.2 Å². The van der Waals surface area contributed by atoms with E-state index >= 15 is 0 Å². The van der Waals surface area contributed by atoms with Crippen molar-refractivity contribution in [2.75, 3.05) is 20.3 Å². The molecule has 5 rings (SSSR count). The topological polar surface area (TPSA) is 136 Å². The van der Waals surface area contributed by atoms with Crippen molar-refractivity contribution in [3.8, 4) is 0 Å². The van der Waals surface area contributed by atoms with Crippen LogP contribution in [0.5, 0.6) is 0 Å². The number of halogens is 2. The van der Waals surface area contributed by atoms with Crippen LogP contribution in [0.2, 0.25) is 0 Å². The van der Waals surface area contributed by atoms with Gasteiger partial charge in [-0.25, -0.2) is 23.2 Å². The number of urea groups is 1. The van der Waals surface area contributed by atoms with Crippen molar-refractivity contribution < 1.29 is 32.2 Å². The number of fused-ring (bicyclic) bond motifs is 1. The number of carbonyl (C=O) groups excluding carboxylic acids is 2. The number of hydrogen-bond donors (Lipinski definition) is 2. The third-order valence-electron chi connectivity index (χ3n) is 7.44. The van der Waals surface area contributed by atoms with Gasteiger partial charge in [0.1, 0.15) is 17.3 Å². The number of nitrogens with zero attached hydrogens (tertiary/aromatic N) is 4. The molecule has 13 heteroatoms. The van der Waals surface area contributed by atoms with Crippen LogP contribution >= 0.6 is 0 Å². The van der Waals surface area contributed by atoms with Crippen LogP contribution in [-0.2, 0) is 4.74 Å². The van der Waals surface area contributed by atoms with Crippen LogP contribution in [0.1, 0.15) is 79.3 Å². The van der Waals surface area contributed by atoms with Gasteiger partial charge in [0.15, 0.2) is 11.3 Å². The molecule has 1 aliphatic carbocycles. The summed E-state index contributed by atoms with van der Waals surface area (Å²) in [6, 6.07) is 4.11. The second-order valence-corrected chi connectivity index (χ2v) is 11.0. The number of aromatic nitrogens is 3. The zero-order chi connectivity index (χ0) is 27.9. The van der Waals surface area contributed by atoms with Gasteiger partial charge >= 0.3 is 6.03 Å². The highest BCUT2D eigenvalue weighted by Crippen LogP contribution is 2.42. The van der Waals surface area contributed by atoms with Gasteiger partial charge in [-0.3, -0.25) is 4.79 Å². The molecule has 0 spiro atoms. The summed E-state index contributed by atoms with van der Waals surface area (Å²) in [6.45, 7) is 6.27. The minimum atomic E-state index is -2.74. The molecule has 2 aromatic heterocycles. The zero-order valence-electron chi connectivity index (χ0n) is 22.3. The average molecular weight is 547 g/mol. The number of aryl methyl sites for hydroxylation is 1. The summed E-state index contributed by atoms with van der Waals surface area (Å²) in [5.41, 5.74) is 1.72. The first kappa shape index (κ1) is 27.0. The van der Waals surface area contributed by atoms with Crippen LogP contribution in [0.3, 0.4) is 0 Å². The molecule has 11 nitrogen and oxygen atoms in total. The predicted octanol–water partition coefficient (Wildman–Crippen LogP) is 4.31. The van der Waals surface area contributed by atoms with E-state index in [0.29, 0.717) is 23.3 Å².